The molecule has 2 amide bonds. The Morgan fingerprint density at radius 2 is 1.00 bits per heavy atom. The van der Waals surface area contributed by atoms with Gasteiger partial charge in [-0.05, 0) is 25.0 Å². The van der Waals surface area contributed by atoms with Crippen molar-refractivity contribution in [3.05, 3.63) is 36.5 Å². The lowest BCUT2D eigenvalue weighted by molar-refractivity contribution is -0.888. The van der Waals surface area contributed by atoms with E-state index in [4.69, 9.17) is 0 Å². The van der Waals surface area contributed by atoms with Gasteiger partial charge >= 0.3 is 0 Å². The fraction of sp³-hybridized carbons (Fsp3) is 0.636. The summed E-state index contributed by atoms with van der Waals surface area (Å²) < 4.78 is 1.38. The second-order valence-electron chi connectivity index (χ2n) is 8.39. The Morgan fingerprint density at radius 1 is 0.643 bits per heavy atom. The molecular weight excluding hydrogens is 352 g/mol. The van der Waals surface area contributed by atoms with Crippen LogP contribution in [0.1, 0.15) is 39.5 Å². The van der Waals surface area contributed by atoms with Crippen molar-refractivity contribution in [1.29, 1.82) is 0 Å². The number of hydrogen-bond acceptors (Lipinski definition) is 2. The van der Waals surface area contributed by atoms with Crippen LogP contribution in [0.3, 0.4) is 0 Å². The highest BCUT2D eigenvalue weighted by Gasteiger charge is 2.16. The van der Waals surface area contributed by atoms with Gasteiger partial charge in [-0.15, -0.1) is 0 Å². The first-order chi connectivity index (χ1) is 13.1. The molecule has 0 rings (SSSR count). The molecule has 0 bridgehead atoms. The largest absolute Gasteiger partial charge is 0.309 e. The molecule has 0 atom stereocenters. The van der Waals surface area contributed by atoms with Gasteiger partial charge in [0, 0.05) is 12.8 Å². The molecule has 0 aromatic heterocycles. The second kappa shape index (κ2) is 14.1. The van der Waals surface area contributed by atoms with Crippen molar-refractivity contribution < 1.29 is 18.6 Å². The van der Waals surface area contributed by atoms with Crippen LogP contribution in [0.4, 0.5) is 0 Å². The van der Waals surface area contributed by atoms with Gasteiger partial charge < -0.3 is 19.6 Å². The number of quaternary nitrogens is 2. The highest BCUT2D eigenvalue weighted by atomic mass is 16.2. The summed E-state index contributed by atoms with van der Waals surface area (Å²) in [6.07, 6.45) is 14.9. The Morgan fingerprint density at radius 3 is 1.32 bits per heavy atom. The molecule has 0 unspecified atom stereocenters. The minimum absolute atomic E-state index is 0.0576. The molecule has 0 aliphatic carbocycles. The lowest BCUT2D eigenvalue weighted by Gasteiger charge is -2.30. The van der Waals surface area contributed by atoms with E-state index < -0.39 is 0 Å². The summed E-state index contributed by atoms with van der Waals surface area (Å²) in [5.74, 6) is 0.115. The smallest absolute Gasteiger partial charge is 0.228 e. The van der Waals surface area contributed by atoms with Crippen molar-refractivity contribution in [3.8, 4) is 0 Å². The molecule has 28 heavy (non-hydrogen) atoms. The molecule has 0 saturated heterocycles. The molecular formula is C22H42N4O2+2. The highest BCUT2D eigenvalue weighted by Crippen LogP contribution is 1.99. The topological polar surface area (TPSA) is 58.2 Å². The molecule has 0 spiro atoms. The summed E-state index contributed by atoms with van der Waals surface area (Å²) in [4.78, 5) is 23.6. The number of carbonyl (C=O) groups is 2. The van der Waals surface area contributed by atoms with Gasteiger partial charge in [0.1, 0.15) is 0 Å². The van der Waals surface area contributed by atoms with E-state index in [1.54, 1.807) is 0 Å². The molecule has 6 heteroatoms. The summed E-state index contributed by atoms with van der Waals surface area (Å²) in [5, 5.41) is 5.97. The minimum atomic E-state index is 0.0576. The first-order valence-electron chi connectivity index (χ1n) is 10.2. The van der Waals surface area contributed by atoms with Crippen LogP contribution in [0.25, 0.3) is 0 Å². The second-order valence-corrected chi connectivity index (χ2v) is 8.39. The fourth-order valence-electron chi connectivity index (χ4n) is 2.31. The molecule has 0 aliphatic heterocycles. The van der Waals surface area contributed by atoms with Crippen molar-refractivity contribution >= 4 is 11.8 Å². The number of likely N-dealkylation sites (N-methyl/N-ethyl adjacent to an activating group) is 2. The normalized spacial score (nSPS) is 12.9. The van der Waals surface area contributed by atoms with Crippen molar-refractivity contribution in [2.45, 2.75) is 39.5 Å². The SMILES string of the molecule is CC/C=C\CC(=O)NC[N+](C)(C)C/C=C\C[N+](C)(C)CNC(=O)C/C=C\CC. The Kier molecular flexibility index (Phi) is 13.2. The van der Waals surface area contributed by atoms with Gasteiger partial charge in [0.15, 0.2) is 13.3 Å². The number of allylic oxidation sites excluding steroid dienone is 2. The highest BCUT2D eigenvalue weighted by molar-refractivity contribution is 5.77. The summed E-state index contributed by atoms with van der Waals surface area (Å²) in [6.45, 7) is 6.98. The van der Waals surface area contributed by atoms with E-state index in [2.05, 4.69) is 64.8 Å². The van der Waals surface area contributed by atoms with E-state index in [0.717, 1.165) is 25.9 Å². The van der Waals surface area contributed by atoms with E-state index in [1.807, 2.05) is 24.3 Å². The average molecular weight is 395 g/mol. The molecule has 0 fully saturated rings. The molecule has 0 aromatic carbocycles. The maximum absolute atomic E-state index is 11.8. The standard InChI is InChI=1S/C22H40N4O2/c1-7-9-11-15-21(27)23-19-25(3,4)17-13-14-18-26(5,6)20-24-22(28)16-12-10-8-2/h9-14H,7-8,15-20H2,1-6H3/p+2/b11-9-,12-10-,14-13-. The Bertz CT molecular complexity index is 501. The third kappa shape index (κ3) is 15.2. The molecule has 0 aromatic rings. The molecule has 160 valence electrons. The summed E-state index contributed by atoms with van der Waals surface area (Å²) in [5.41, 5.74) is 0. The van der Waals surface area contributed by atoms with Crippen LogP contribution < -0.4 is 10.6 Å². The number of rotatable bonds is 14. The summed E-state index contributed by atoms with van der Waals surface area (Å²) >= 11 is 0. The summed E-state index contributed by atoms with van der Waals surface area (Å²) in [6, 6.07) is 0. The van der Waals surface area contributed by atoms with Crippen molar-refractivity contribution in [1.82, 2.24) is 10.6 Å². The van der Waals surface area contributed by atoms with Crippen molar-refractivity contribution in [3.63, 3.8) is 0 Å². The predicted molar refractivity (Wildman–Crippen MR) is 117 cm³/mol. The first-order valence-corrected chi connectivity index (χ1v) is 10.2. The molecule has 6 nitrogen and oxygen atoms in total. The number of carbonyl (C=O) groups excluding carboxylic acids is 2. The molecule has 2 N–H and O–H groups in total. The van der Waals surface area contributed by atoms with E-state index in [9.17, 15) is 9.59 Å². The van der Waals surface area contributed by atoms with Crippen LogP contribution in [0.5, 0.6) is 0 Å². The summed E-state index contributed by atoms with van der Waals surface area (Å²) in [7, 11) is 8.38. The van der Waals surface area contributed by atoms with E-state index >= 15 is 0 Å². The van der Waals surface area contributed by atoms with Gasteiger partial charge in [-0.3, -0.25) is 9.59 Å². The zero-order chi connectivity index (χ0) is 21.5. The van der Waals surface area contributed by atoms with Gasteiger partial charge in [0.05, 0.1) is 41.3 Å². The van der Waals surface area contributed by atoms with Gasteiger partial charge in [0.2, 0.25) is 11.8 Å². The van der Waals surface area contributed by atoms with Crippen molar-refractivity contribution in [2.24, 2.45) is 0 Å². The Hall–Kier alpha value is -1.92. The maximum Gasteiger partial charge on any atom is 0.228 e. The van der Waals surface area contributed by atoms with E-state index in [0.29, 0.717) is 35.1 Å². The fourth-order valence-corrected chi connectivity index (χ4v) is 2.31. The third-order valence-electron chi connectivity index (χ3n) is 4.19. The van der Waals surface area contributed by atoms with E-state index in [1.165, 1.54) is 0 Å². The third-order valence-corrected chi connectivity index (χ3v) is 4.19. The predicted octanol–water partition coefficient (Wildman–Crippen LogP) is 2.56. The van der Waals surface area contributed by atoms with Crippen LogP contribution in [-0.2, 0) is 9.59 Å². The van der Waals surface area contributed by atoms with Crippen LogP contribution in [0, 0.1) is 0 Å². The van der Waals surface area contributed by atoms with Gasteiger partial charge in [-0.25, -0.2) is 0 Å². The molecule has 0 saturated carbocycles. The lowest BCUT2D eigenvalue weighted by atomic mass is 10.3. The van der Waals surface area contributed by atoms with E-state index in [-0.39, 0.29) is 11.8 Å². The number of nitrogens with one attached hydrogen (secondary N) is 2. The lowest BCUT2D eigenvalue weighted by Crippen LogP contribution is -2.49. The van der Waals surface area contributed by atoms with Crippen LogP contribution >= 0.6 is 0 Å². The van der Waals surface area contributed by atoms with Gasteiger partial charge in [-0.2, -0.15) is 0 Å². The molecule has 0 aliphatic rings. The van der Waals surface area contributed by atoms with Gasteiger partial charge in [0.25, 0.3) is 0 Å². The average Bonchev–Trinajstić information content (AvgIpc) is 2.63. The van der Waals surface area contributed by atoms with Crippen LogP contribution in [-0.4, -0.2) is 75.4 Å². The maximum atomic E-state index is 11.8. The van der Waals surface area contributed by atoms with Crippen LogP contribution in [0.2, 0.25) is 0 Å². The Balaban J connectivity index is 4.20. The quantitative estimate of drug-likeness (QED) is 0.270. The Labute approximate surface area is 172 Å². The zero-order valence-electron chi connectivity index (χ0n) is 18.8. The monoisotopic (exact) mass is 394 g/mol. The molecule has 0 radical (unpaired) electrons. The number of nitrogens with zero attached hydrogens (tertiary/aromatic N) is 2. The number of hydrogen-bond donors (Lipinski definition) is 2. The zero-order valence-corrected chi connectivity index (χ0v) is 18.8. The van der Waals surface area contributed by atoms with Crippen LogP contribution in [0.15, 0.2) is 36.5 Å². The number of amides is 2. The van der Waals surface area contributed by atoms with Gasteiger partial charge in [-0.1, -0.05) is 38.2 Å². The first kappa shape index (κ1) is 26.1. The molecule has 0 heterocycles. The van der Waals surface area contributed by atoms with Crippen molar-refractivity contribution in [2.75, 3.05) is 54.6 Å². The minimum Gasteiger partial charge on any atom is -0.309 e.